The number of rotatable bonds is 2. The number of benzene rings is 4. The first-order valence-electron chi connectivity index (χ1n) is 13.6. The van der Waals surface area contributed by atoms with Crippen LogP contribution >= 0.6 is 0 Å². The van der Waals surface area contributed by atoms with Crippen LogP contribution in [-0.2, 0) is 0 Å². The van der Waals surface area contributed by atoms with E-state index in [9.17, 15) is 27.9 Å². The minimum atomic E-state index is -5.30. The van der Waals surface area contributed by atoms with Gasteiger partial charge in [-0.1, -0.05) is 60.7 Å². The van der Waals surface area contributed by atoms with Crippen molar-refractivity contribution in [3.05, 3.63) is 130 Å². The van der Waals surface area contributed by atoms with Crippen molar-refractivity contribution in [3.8, 4) is 11.4 Å². The van der Waals surface area contributed by atoms with Crippen molar-refractivity contribution in [2.45, 2.75) is 20.0 Å². The van der Waals surface area contributed by atoms with Crippen molar-refractivity contribution in [2.75, 3.05) is 0 Å². The normalized spacial score (nSPS) is 11.3. The second-order valence-corrected chi connectivity index (χ2v) is 10.3. The number of alkyl halides is 3. The number of fused-ring (bicyclic) bond motifs is 6. The number of aromatic hydroxyl groups is 1. The quantitative estimate of drug-likeness (QED) is 0.143. The average molecular weight is 744 g/mol. The number of para-hydroxylation sites is 1. The Morgan fingerprint density at radius 2 is 1.24 bits per heavy atom. The predicted molar refractivity (Wildman–Crippen MR) is 166 cm³/mol. The summed E-state index contributed by atoms with van der Waals surface area (Å²) in [6.07, 6.45) is -1.60. The Labute approximate surface area is 295 Å². The molecule has 0 aliphatic rings. The van der Waals surface area contributed by atoms with Gasteiger partial charge in [-0.15, -0.1) is 0 Å². The third-order valence-electron chi connectivity index (χ3n) is 7.59. The van der Waals surface area contributed by atoms with Crippen LogP contribution in [0.5, 0.6) is 5.75 Å². The number of hydrogen-bond acceptors (Lipinski definition) is 5. The molecule has 1 N–H and O–H groups in total. The summed E-state index contributed by atoms with van der Waals surface area (Å²) in [7, 11) is 0. The van der Waals surface area contributed by atoms with Crippen LogP contribution < -0.4 is 5.56 Å². The first-order valence-corrected chi connectivity index (χ1v) is 13.6. The summed E-state index contributed by atoms with van der Waals surface area (Å²) in [5.74, 6) is -3.35. The van der Waals surface area contributed by atoms with E-state index in [0.717, 1.165) is 21.0 Å². The molecule has 6 nitrogen and oxygen atoms in total. The molecule has 0 bridgehead atoms. The van der Waals surface area contributed by atoms with Gasteiger partial charge in [0.1, 0.15) is 11.3 Å². The summed E-state index contributed by atoms with van der Waals surface area (Å²) in [6, 6.07) is 26.3. The molecule has 1 radical (unpaired) electrons. The second kappa shape index (κ2) is 12.8. The maximum absolute atomic E-state index is 13.1. The molecule has 0 unspecified atom stereocenters. The Morgan fingerprint density at radius 1 is 0.711 bits per heavy atom. The van der Waals surface area contributed by atoms with Crippen LogP contribution in [0.1, 0.15) is 21.5 Å². The molecule has 10 heteroatoms. The summed E-state index contributed by atoms with van der Waals surface area (Å²) in [5.41, 5.74) is 2.48. The van der Waals surface area contributed by atoms with Crippen LogP contribution in [0.15, 0.2) is 108 Å². The van der Waals surface area contributed by atoms with Crippen molar-refractivity contribution in [1.29, 1.82) is 0 Å². The Morgan fingerprint density at radius 3 is 1.82 bits per heavy atom. The zero-order valence-corrected chi connectivity index (χ0v) is 26.4. The van der Waals surface area contributed by atoms with E-state index in [1.807, 2.05) is 24.5 Å². The van der Waals surface area contributed by atoms with E-state index in [1.165, 1.54) is 28.0 Å². The van der Waals surface area contributed by atoms with Gasteiger partial charge in [0.25, 0.3) is 11.3 Å². The number of carbonyl (C=O) groups is 1. The van der Waals surface area contributed by atoms with E-state index in [0.29, 0.717) is 5.39 Å². The van der Waals surface area contributed by atoms with E-state index in [2.05, 4.69) is 35.9 Å². The predicted octanol–water partition coefficient (Wildman–Crippen LogP) is 7.99. The number of ketones is 1. The Bertz CT molecular complexity index is 2240. The number of hydrogen-bond donors (Lipinski definition) is 1. The molecule has 0 aliphatic heterocycles. The maximum Gasteiger partial charge on any atom is 0.455 e. The SMILES string of the molecule is Cc1ccnc2c1ccc1c(C)ccnc12.O=C(c1c(O)c2ccc3ccccc3c2n(-c2ccccc2)c1=O)C(F)(F)F.[Eu]. The van der Waals surface area contributed by atoms with E-state index in [4.69, 9.17) is 0 Å². The van der Waals surface area contributed by atoms with Crippen LogP contribution in [0.3, 0.4) is 0 Å². The molecule has 0 spiro atoms. The molecule has 45 heavy (non-hydrogen) atoms. The van der Waals surface area contributed by atoms with Crippen molar-refractivity contribution in [1.82, 2.24) is 14.5 Å². The van der Waals surface area contributed by atoms with Crippen LogP contribution in [0.25, 0.3) is 49.2 Å². The molecule has 3 heterocycles. The average Bonchev–Trinajstić information content (AvgIpc) is 3.02. The van der Waals surface area contributed by atoms with E-state index in [-0.39, 0.29) is 66.0 Å². The first kappa shape index (κ1) is 32.4. The number of pyridine rings is 3. The van der Waals surface area contributed by atoms with Gasteiger partial charge in [0.2, 0.25) is 0 Å². The summed E-state index contributed by atoms with van der Waals surface area (Å²) >= 11 is 0. The van der Waals surface area contributed by atoms with Gasteiger partial charge in [0.05, 0.1) is 16.6 Å². The zero-order valence-electron chi connectivity index (χ0n) is 23.9. The maximum atomic E-state index is 13.1. The summed E-state index contributed by atoms with van der Waals surface area (Å²) in [4.78, 5) is 33.8. The monoisotopic (exact) mass is 744 g/mol. The fourth-order valence-electron chi connectivity index (χ4n) is 5.41. The third kappa shape index (κ3) is 5.90. The van der Waals surface area contributed by atoms with Gasteiger partial charge in [-0.2, -0.15) is 13.2 Å². The summed E-state index contributed by atoms with van der Waals surface area (Å²) < 4.78 is 40.3. The van der Waals surface area contributed by atoms with Gasteiger partial charge in [0.15, 0.2) is 0 Å². The molecule has 0 atom stereocenters. The summed E-state index contributed by atoms with van der Waals surface area (Å²) in [6.45, 7) is 4.21. The van der Waals surface area contributed by atoms with Gasteiger partial charge in [0, 0.05) is 89.0 Å². The number of Topliss-reactive ketones (excluding diaryl/α,β-unsaturated/α-hetero) is 1. The topological polar surface area (TPSA) is 85.1 Å². The Kier molecular flexibility index (Phi) is 9.21. The molecule has 7 aromatic rings. The fraction of sp³-hybridized carbons (Fsp3) is 0.0857. The van der Waals surface area contributed by atoms with Crippen LogP contribution in [0.2, 0.25) is 0 Å². The number of aromatic nitrogens is 3. The molecular formula is C35H24EuF3N3O3. The third-order valence-corrected chi connectivity index (χ3v) is 7.59. The van der Waals surface area contributed by atoms with E-state index >= 15 is 0 Å². The number of aryl methyl sites for hydroxylation is 2. The molecule has 0 saturated carbocycles. The van der Waals surface area contributed by atoms with Crippen molar-refractivity contribution >= 4 is 49.3 Å². The molecular weight excluding hydrogens is 719 g/mol. The molecule has 0 amide bonds. The second-order valence-electron chi connectivity index (χ2n) is 10.3. The van der Waals surface area contributed by atoms with E-state index < -0.39 is 28.8 Å². The number of carbonyl (C=O) groups excluding carboxylic acids is 1. The molecule has 225 valence electrons. The van der Waals surface area contributed by atoms with Crippen molar-refractivity contribution in [2.24, 2.45) is 0 Å². The van der Waals surface area contributed by atoms with Gasteiger partial charge in [-0.05, 0) is 60.7 Å². The first-order chi connectivity index (χ1) is 21.1. The molecule has 3 aromatic heterocycles. The van der Waals surface area contributed by atoms with Crippen LogP contribution in [0, 0.1) is 63.2 Å². The number of halogens is 3. The number of nitrogens with zero attached hydrogens (tertiary/aromatic N) is 3. The Balaban J connectivity index is 0.000000200. The van der Waals surface area contributed by atoms with E-state index in [1.54, 1.807) is 60.7 Å². The smallest absolute Gasteiger partial charge is 0.455 e. The molecule has 0 saturated heterocycles. The van der Waals surface area contributed by atoms with Gasteiger partial charge >= 0.3 is 6.18 Å². The van der Waals surface area contributed by atoms with Gasteiger partial charge < -0.3 is 5.11 Å². The fourth-order valence-corrected chi connectivity index (χ4v) is 5.41. The largest absolute Gasteiger partial charge is 0.506 e. The molecule has 4 aromatic carbocycles. The van der Waals surface area contributed by atoms with Crippen LogP contribution in [-0.4, -0.2) is 31.6 Å². The zero-order chi connectivity index (χ0) is 31.2. The van der Waals surface area contributed by atoms with Crippen LogP contribution in [0.4, 0.5) is 13.2 Å². The van der Waals surface area contributed by atoms with Gasteiger partial charge in [-0.25, -0.2) is 0 Å². The minimum absolute atomic E-state index is 0. The molecule has 7 rings (SSSR count). The van der Waals surface area contributed by atoms with Crippen molar-refractivity contribution < 1.29 is 72.4 Å². The minimum Gasteiger partial charge on any atom is -0.506 e. The Hall–Kier alpha value is -3.99. The molecule has 0 fully saturated rings. The van der Waals surface area contributed by atoms with Crippen molar-refractivity contribution in [3.63, 3.8) is 0 Å². The standard InChI is InChI=1S/C21H12F3NO3.C14H12N2.Eu/c22-21(23,24)19(27)16-18(26)15-11-10-12-6-4-5-9-14(12)17(15)25(20(16)28)13-7-2-1-3-8-13;1-9-5-7-15-13-11(9)3-4-12-10(2)6-8-16-14(12)13;/h1-11,26H;3-8H,1-2H3;. The summed E-state index contributed by atoms with van der Waals surface area (Å²) in [5, 5.41) is 14.1. The van der Waals surface area contributed by atoms with Gasteiger partial charge in [-0.3, -0.25) is 24.1 Å². The molecule has 0 aliphatic carbocycles.